The molecule has 4 heterocycles. The van der Waals surface area contributed by atoms with E-state index in [9.17, 15) is 13.2 Å². The molecule has 3 aromatic heterocycles. The molecule has 6 nitrogen and oxygen atoms in total. The Labute approximate surface area is 178 Å². The number of alkyl halides is 3. The van der Waals surface area contributed by atoms with E-state index in [0.29, 0.717) is 12.1 Å². The number of fused-ring (bicyclic) bond motifs is 1. The second-order valence-electron chi connectivity index (χ2n) is 7.66. The van der Waals surface area contributed by atoms with Crippen molar-refractivity contribution < 1.29 is 17.9 Å². The normalized spacial score (nSPS) is 16.0. The maximum Gasteiger partial charge on any atom is 0.421 e. The van der Waals surface area contributed by atoms with Crippen LogP contribution < -0.4 is 9.64 Å². The minimum absolute atomic E-state index is 0.0222. The number of hydrogen-bond donors (Lipinski definition) is 0. The molecule has 0 radical (unpaired) electrons. The molecule has 1 atom stereocenters. The van der Waals surface area contributed by atoms with Gasteiger partial charge >= 0.3 is 6.18 Å². The highest BCUT2D eigenvalue weighted by molar-refractivity contribution is 5.86. The third-order valence-electron chi connectivity index (χ3n) is 5.28. The van der Waals surface area contributed by atoms with Gasteiger partial charge in [-0.1, -0.05) is 0 Å². The monoisotopic (exact) mass is 429 g/mol. The first-order valence-electron chi connectivity index (χ1n) is 9.73. The van der Waals surface area contributed by atoms with E-state index in [-0.39, 0.29) is 6.04 Å². The Kier molecular flexibility index (Phi) is 5.20. The molecule has 0 spiro atoms. The van der Waals surface area contributed by atoms with E-state index in [1.54, 1.807) is 12.4 Å². The minimum atomic E-state index is -4.53. The van der Waals surface area contributed by atoms with Gasteiger partial charge < -0.3 is 9.64 Å². The maximum absolute atomic E-state index is 13.2. The molecule has 0 bridgehead atoms. The van der Waals surface area contributed by atoms with Crippen molar-refractivity contribution in [2.75, 3.05) is 26.1 Å². The van der Waals surface area contributed by atoms with Crippen LogP contribution in [0.15, 0.2) is 36.7 Å². The van der Waals surface area contributed by atoms with E-state index in [0.717, 1.165) is 34.3 Å². The van der Waals surface area contributed by atoms with Gasteiger partial charge in [0.1, 0.15) is 11.4 Å². The van der Waals surface area contributed by atoms with Gasteiger partial charge in [0.2, 0.25) is 5.88 Å². The van der Waals surface area contributed by atoms with Crippen LogP contribution in [0.1, 0.15) is 36.3 Å². The second kappa shape index (κ2) is 7.72. The number of allylic oxidation sites excluding steroid dienone is 1. The second-order valence-corrected chi connectivity index (χ2v) is 7.66. The molecule has 0 amide bonds. The Morgan fingerprint density at radius 2 is 1.97 bits per heavy atom. The van der Waals surface area contributed by atoms with Gasteiger partial charge in [-0.15, -0.1) is 0 Å². The van der Waals surface area contributed by atoms with Gasteiger partial charge in [0.05, 0.1) is 30.7 Å². The highest BCUT2D eigenvalue weighted by Crippen LogP contribution is 2.40. The average Bonchev–Trinajstić information content (AvgIpc) is 3.17. The Morgan fingerprint density at radius 3 is 2.65 bits per heavy atom. The number of rotatable bonds is 4. The van der Waals surface area contributed by atoms with E-state index in [1.165, 1.54) is 13.2 Å². The van der Waals surface area contributed by atoms with E-state index in [2.05, 4.69) is 15.1 Å². The van der Waals surface area contributed by atoms with Gasteiger partial charge in [-0.2, -0.15) is 18.3 Å². The molecule has 1 aliphatic rings. The Morgan fingerprint density at radius 1 is 1.19 bits per heavy atom. The van der Waals surface area contributed by atoms with Gasteiger partial charge in [-0.25, -0.2) is 9.97 Å². The minimum Gasteiger partial charge on any atom is -0.481 e. The fourth-order valence-electron chi connectivity index (χ4n) is 3.72. The first kappa shape index (κ1) is 20.9. The van der Waals surface area contributed by atoms with Crippen molar-refractivity contribution in [2.45, 2.75) is 25.6 Å². The van der Waals surface area contributed by atoms with Crippen molar-refractivity contribution in [2.24, 2.45) is 0 Å². The molecule has 0 aliphatic carbocycles. The van der Waals surface area contributed by atoms with Gasteiger partial charge in [-0.3, -0.25) is 4.68 Å². The summed E-state index contributed by atoms with van der Waals surface area (Å²) in [4.78, 5) is 10.4. The van der Waals surface area contributed by atoms with Crippen molar-refractivity contribution in [1.29, 1.82) is 0 Å². The Bertz CT molecular complexity index is 1150. The maximum atomic E-state index is 13.2. The summed E-state index contributed by atoms with van der Waals surface area (Å²) < 4.78 is 46.5. The fraction of sp³-hybridized carbons (Fsp3) is 0.318. The average molecular weight is 429 g/mol. The highest BCUT2D eigenvalue weighted by Gasteiger charge is 2.35. The molecular formula is C22H22F3N5O. The lowest BCUT2D eigenvalue weighted by Gasteiger charge is -2.23. The zero-order chi connectivity index (χ0) is 22.3. The summed E-state index contributed by atoms with van der Waals surface area (Å²) >= 11 is 0. The molecule has 0 aromatic carbocycles. The van der Waals surface area contributed by atoms with Gasteiger partial charge in [0, 0.05) is 25.9 Å². The van der Waals surface area contributed by atoms with Crippen molar-refractivity contribution in [3.63, 3.8) is 0 Å². The van der Waals surface area contributed by atoms with E-state index >= 15 is 0 Å². The number of nitrogens with zero attached hydrogens (tertiary/aromatic N) is 5. The number of aromatic nitrogens is 4. The SMILES string of the molecule is COc1nc(C2=Cc3c(-c4ccnc(N(C)C)c4)cnn3[C@@H](C)C2)ccc1C(F)(F)F. The summed E-state index contributed by atoms with van der Waals surface area (Å²) in [5.41, 5.74) is 3.16. The summed E-state index contributed by atoms with van der Waals surface area (Å²) in [7, 11) is 5.03. The summed E-state index contributed by atoms with van der Waals surface area (Å²) in [6.07, 6.45) is 1.55. The van der Waals surface area contributed by atoms with E-state index in [4.69, 9.17) is 4.74 Å². The van der Waals surface area contributed by atoms with Gasteiger partial charge in [0.25, 0.3) is 0 Å². The molecule has 9 heteroatoms. The van der Waals surface area contributed by atoms with Crippen LogP contribution in [0.25, 0.3) is 22.8 Å². The number of ether oxygens (including phenoxy) is 1. The topological polar surface area (TPSA) is 56.1 Å². The van der Waals surface area contributed by atoms with Crippen molar-refractivity contribution >= 4 is 17.5 Å². The van der Waals surface area contributed by atoms with Crippen LogP contribution in [0, 0.1) is 0 Å². The highest BCUT2D eigenvalue weighted by atomic mass is 19.4. The number of pyridine rings is 2. The summed E-state index contributed by atoms with van der Waals surface area (Å²) in [5, 5.41) is 4.54. The Balaban J connectivity index is 1.79. The van der Waals surface area contributed by atoms with Crippen LogP contribution in [0.3, 0.4) is 0 Å². The first-order chi connectivity index (χ1) is 14.7. The fourth-order valence-corrected chi connectivity index (χ4v) is 3.72. The number of halogens is 3. The standard InChI is InChI=1S/C22H22F3N5O/c1-13-9-15(18-6-5-17(22(23,24)25)21(28-18)31-4)10-19-16(12-27-30(13)19)14-7-8-26-20(11-14)29(2)3/h5-8,10-13H,9H2,1-4H3/t13-/m0/s1. The lowest BCUT2D eigenvalue weighted by Crippen LogP contribution is -2.15. The lowest BCUT2D eigenvalue weighted by molar-refractivity contribution is -0.139. The number of hydrogen-bond acceptors (Lipinski definition) is 5. The molecule has 4 rings (SSSR count). The molecule has 0 unspecified atom stereocenters. The third kappa shape index (κ3) is 3.87. The van der Waals surface area contributed by atoms with Crippen molar-refractivity contribution in [1.82, 2.24) is 19.7 Å². The molecular weight excluding hydrogens is 407 g/mol. The molecule has 162 valence electrons. The predicted molar refractivity (Wildman–Crippen MR) is 113 cm³/mol. The number of methoxy groups -OCH3 is 1. The summed E-state index contributed by atoms with van der Waals surface area (Å²) in [6.45, 7) is 2.02. The third-order valence-corrected chi connectivity index (χ3v) is 5.28. The zero-order valence-electron chi connectivity index (χ0n) is 17.6. The predicted octanol–water partition coefficient (Wildman–Crippen LogP) is 4.94. The van der Waals surface area contributed by atoms with Crippen LogP contribution in [0.4, 0.5) is 19.0 Å². The van der Waals surface area contributed by atoms with Crippen LogP contribution in [-0.2, 0) is 6.18 Å². The smallest absolute Gasteiger partial charge is 0.421 e. The first-order valence-corrected chi connectivity index (χ1v) is 9.73. The Hall–Kier alpha value is -3.36. The van der Waals surface area contributed by atoms with Crippen molar-refractivity contribution in [3.05, 3.63) is 53.6 Å². The van der Waals surface area contributed by atoms with Gasteiger partial charge in [0.15, 0.2) is 0 Å². The summed E-state index contributed by atoms with van der Waals surface area (Å²) in [5.74, 6) is 0.391. The van der Waals surface area contributed by atoms with E-state index < -0.39 is 17.6 Å². The quantitative estimate of drug-likeness (QED) is 0.588. The van der Waals surface area contributed by atoms with Crippen LogP contribution in [0.5, 0.6) is 5.88 Å². The zero-order valence-corrected chi connectivity index (χ0v) is 17.6. The molecule has 0 fully saturated rings. The molecule has 0 saturated heterocycles. The summed E-state index contributed by atoms with van der Waals surface area (Å²) in [6, 6.07) is 6.33. The molecule has 3 aromatic rings. The molecule has 0 saturated carbocycles. The van der Waals surface area contributed by atoms with Crippen LogP contribution >= 0.6 is 0 Å². The largest absolute Gasteiger partial charge is 0.481 e. The lowest BCUT2D eigenvalue weighted by atomic mass is 9.96. The molecule has 1 aliphatic heterocycles. The molecule has 31 heavy (non-hydrogen) atoms. The number of anilines is 1. The van der Waals surface area contributed by atoms with E-state index in [1.807, 2.05) is 48.8 Å². The van der Waals surface area contributed by atoms with Crippen LogP contribution in [0.2, 0.25) is 0 Å². The molecule has 0 N–H and O–H groups in total. The van der Waals surface area contributed by atoms with Crippen molar-refractivity contribution in [3.8, 4) is 17.0 Å². The van der Waals surface area contributed by atoms with Gasteiger partial charge in [-0.05, 0) is 54.8 Å². The van der Waals surface area contributed by atoms with Crippen LogP contribution in [-0.4, -0.2) is 41.0 Å².